The molecule has 0 bridgehead atoms. The van der Waals surface area contributed by atoms with Gasteiger partial charge in [0.05, 0.1) is 0 Å². The van der Waals surface area contributed by atoms with Crippen LogP contribution in [0.3, 0.4) is 0 Å². The van der Waals surface area contributed by atoms with Gasteiger partial charge in [0, 0.05) is 9.79 Å². The van der Waals surface area contributed by atoms with Crippen LogP contribution in [0.1, 0.15) is 11.1 Å². The molecule has 0 saturated carbocycles. The van der Waals surface area contributed by atoms with Crippen LogP contribution in [0.15, 0.2) is 58.3 Å². The van der Waals surface area contributed by atoms with Gasteiger partial charge in [0.2, 0.25) is 0 Å². The summed E-state index contributed by atoms with van der Waals surface area (Å²) in [6.45, 7) is 1.37. The molecule has 0 aromatic heterocycles. The highest BCUT2D eigenvalue weighted by molar-refractivity contribution is 7.99. The highest BCUT2D eigenvalue weighted by Gasteiger charge is 2.06. The van der Waals surface area contributed by atoms with Crippen molar-refractivity contribution in [3.63, 3.8) is 0 Å². The average Bonchev–Trinajstić information content (AvgIpc) is 2.44. The molecule has 4 N–H and O–H groups in total. The molecule has 0 amide bonds. The van der Waals surface area contributed by atoms with Crippen LogP contribution in [0.2, 0.25) is 0 Å². The second kappa shape index (κ2) is 10.9. The molecule has 2 rings (SSSR count). The molecule has 0 aliphatic heterocycles. The Balaban J connectivity index is 0.00000200. The van der Waals surface area contributed by atoms with Gasteiger partial charge in [-0.2, -0.15) is 0 Å². The zero-order chi connectivity index (χ0) is 13.5. The molecule has 2 nitrogen and oxygen atoms in total. The van der Waals surface area contributed by atoms with Gasteiger partial charge in [0.15, 0.2) is 0 Å². The topological polar surface area (TPSA) is 52.0 Å². The minimum Gasteiger partial charge on any atom is -0.330 e. The number of hydrogen-bond acceptors (Lipinski definition) is 3. The van der Waals surface area contributed by atoms with Gasteiger partial charge in [0.25, 0.3) is 0 Å². The molecule has 0 spiro atoms. The molecule has 21 heavy (non-hydrogen) atoms. The first-order chi connectivity index (χ1) is 9.35. The molecular weight excluding hydrogens is 323 g/mol. The van der Waals surface area contributed by atoms with Crippen LogP contribution in [0.5, 0.6) is 0 Å². The fourth-order valence-corrected chi connectivity index (χ4v) is 3.18. The minimum atomic E-state index is 0. The summed E-state index contributed by atoms with van der Waals surface area (Å²) >= 11 is 1.81. The maximum absolute atomic E-state index is 5.67. The zero-order valence-corrected chi connectivity index (χ0v) is 14.3. The smallest absolute Gasteiger partial charge is 0.0154 e. The summed E-state index contributed by atoms with van der Waals surface area (Å²) in [5.74, 6) is 0. The predicted octanol–water partition coefficient (Wildman–Crippen LogP) is 3.68. The van der Waals surface area contributed by atoms with Gasteiger partial charge in [-0.1, -0.05) is 48.2 Å². The molecule has 2 aromatic rings. The van der Waals surface area contributed by atoms with Crippen LogP contribution < -0.4 is 11.5 Å². The van der Waals surface area contributed by atoms with Crippen molar-refractivity contribution in [2.75, 3.05) is 13.1 Å². The molecule has 0 aliphatic rings. The number of benzene rings is 2. The maximum Gasteiger partial charge on any atom is 0.0154 e. The Morgan fingerprint density at radius 3 is 1.43 bits per heavy atom. The van der Waals surface area contributed by atoms with Gasteiger partial charge in [-0.3, -0.25) is 0 Å². The molecule has 0 heterocycles. The molecule has 0 saturated heterocycles. The molecule has 5 heteroatoms. The van der Waals surface area contributed by atoms with Crippen molar-refractivity contribution >= 4 is 36.6 Å². The third-order valence-corrected chi connectivity index (χ3v) is 4.23. The number of halogens is 2. The number of rotatable bonds is 6. The molecule has 0 aliphatic carbocycles. The summed E-state index contributed by atoms with van der Waals surface area (Å²) in [5, 5.41) is 0. The summed E-state index contributed by atoms with van der Waals surface area (Å²) in [5.41, 5.74) is 14.0. The van der Waals surface area contributed by atoms with E-state index in [0.29, 0.717) is 13.1 Å². The Bertz CT molecular complexity index is 488. The van der Waals surface area contributed by atoms with Crippen LogP contribution >= 0.6 is 36.6 Å². The maximum atomic E-state index is 5.67. The lowest BCUT2D eigenvalue weighted by molar-refractivity contribution is 0.937. The third-order valence-electron chi connectivity index (χ3n) is 2.99. The van der Waals surface area contributed by atoms with E-state index in [9.17, 15) is 0 Å². The Hall–Kier alpha value is -0.710. The van der Waals surface area contributed by atoms with Gasteiger partial charge < -0.3 is 11.5 Å². The van der Waals surface area contributed by atoms with Gasteiger partial charge in [-0.15, -0.1) is 24.8 Å². The summed E-state index contributed by atoms with van der Waals surface area (Å²) in [7, 11) is 0. The standard InChI is InChI=1S/C16H20N2S.2ClH/c17-11-9-13-5-1-3-7-15(13)19-16-8-4-2-6-14(16)10-12-18;;/h1-8H,9-12,17-18H2;2*1H. The summed E-state index contributed by atoms with van der Waals surface area (Å²) < 4.78 is 0. The Morgan fingerprint density at radius 1 is 0.667 bits per heavy atom. The quantitative estimate of drug-likeness (QED) is 0.840. The first-order valence-electron chi connectivity index (χ1n) is 6.59. The number of hydrogen-bond donors (Lipinski definition) is 2. The summed E-state index contributed by atoms with van der Waals surface area (Å²) in [6, 6.07) is 16.9. The molecule has 0 unspecified atom stereocenters. The van der Waals surface area contributed by atoms with Gasteiger partial charge in [-0.05, 0) is 49.2 Å². The van der Waals surface area contributed by atoms with Crippen molar-refractivity contribution in [2.45, 2.75) is 22.6 Å². The van der Waals surface area contributed by atoms with Crippen LogP contribution in [0, 0.1) is 0 Å². The average molecular weight is 345 g/mol. The van der Waals surface area contributed by atoms with Crippen molar-refractivity contribution < 1.29 is 0 Å². The van der Waals surface area contributed by atoms with Gasteiger partial charge in [-0.25, -0.2) is 0 Å². The second-order valence-electron chi connectivity index (χ2n) is 4.39. The van der Waals surface area contributed by atoms with Crippen molar-refractivity contribution in [3.8, 4) is 0 Å². The molecule has 2 aromatic carbocycles. The first-order valence-corrected chi connectivity index (χ1v) is 7.40. The van der Waals surface area contributed by atoms with E-state index >= 15 is 0 Å². The fourth-order valence-electron chi connectivity index (χ4n) is 2.05. The van der Waals surface area contributed by atoms with Crippen LogP contribution in [-0.4, -0.2) is 13.1 Å². The van der Waals surface area contributed by atoms with E-state index < -0.39 is 0 Å². The third kappa shape index (κ3) is 5.89. The fraction of sp³-hybridized carbons (Fsp3) is 0.250. The molecule has 0 fully saturated rings. The summed E-state index contributed by atoms with van der Waals surface area (Å²) in [4.78, 5) is 2.58. The van der Waals surface area contributed by atoms with Crippen LogP contribution in [-0.2, 0) is 12.8 Å². The normalized spacial score (nSPS) is 9.62. The monoisotopic (exact) mass is 344 g/mol. The summed E-state index contributed by atoms with van der Waals surface area (Å²) in [6.07, 6.45) is 1.84. The van der Waals surface area contributed by atoms with Gasteiger partial charge >= 0.3 is 0 Å². The lowest BCUT2D eigenvalue weighted by Gasteiger charge is -2.11. The highest BCUT2D eigenvalue weighted by Crippen LogP contribution is 2.33. The van der Waals surface area contributed by atoms with Crippen LogP contribution in [0.4, 0.5) is 0 Å². The zero-order valence-electron chi connectivity index (χ0n) is 11.8. The largest absolute Gasteiger partial charge is 0.330 e. The predicted molar refractivity (Wildman–Crippen MR) is 97.0 cm³/mol. The molecule has 0 radical (unpaired) electrons. The van der Waals surface area contributed by atoms with E-state index in [1.54, 1.807) is 0 Å². The van der Waals surface area contributed by atoms with E-state index in [4.69, 9.17) is 11.5 Å². The van der Waals surface area contributed by atoms with Crippen molar-refractivity contribution in [2.24, 2.45) is 11.5 Å². The van der Waals surface area contributed by atoms with Crippen molar-refractivity contribution in [1.82, 2.24) is 0 Å². The lowest BCUT2D eigenvalue weighted by atomic mass is 10.1. The van der Waals surface area contributed by atoms with E-state index in [-0.39, 0.29) is 24.8 Å². The van der Waals surface area contributed by atoms with Crippen LogP contribution in [0.25, 0.3) is 0 Å². The second-order valence-corrected chi connectivity index (χ2v) is 5.48. The van der Waals surface area contributed by atoms with Crippen molar-refractivity contribution in [1.29, 1.82) is 0 Å². The number of nitrogens with two attached hydrogens (primary N) is 2. The van der Waals surface area contributed by atoms with E-state index in [0.717, 1.165) is 12.8 Å². The SMILES string of the molecule is Cl.Cl.NCCc1ccccc1Sc1ccccc1CCN. The highest BCUT2D eigenvalue weighted by atomic mass is 35.5. The van der Waals surface area contributed by atoms with E-state index in [1.165, 1.54) is 20.9 Å². The Labute approximate surface area is 143 Å². The van der Waals surface area contributed by atoms with E-state index in [1.807, 2.05) is 11.8 Å². The first kappa shape index (κ1) is 20.3. The van der Waals surface area contributed by atoms with E-state index in [2.05, 4.69) is 48.5 Å². The Morgan fingerprint density at radius 2 is 1.05 bits per heavy atom. The molecular formula is C16H22Cl2N2S. The molecule has 0 atom stereocenters. The van der Waals surface area contributed by atoms with Crippen molar-refractivity contribution in [3.05, 3.63) is 59.7 Å². The van der Waals surface area contributed by atoms with Gasteiger partial charge in [0.1, 0.15) is 0 Å². The molecule has 116 valence electrons. The Kier molecular flexibility index (Phi) is 10.6. The lowest BCUT2D eigenvalue weighted by Crippen LogP contribution is -2.04. The minimum absolute atomic E-state index is 0.